The molecule has 156 valence electrons. The average molecular weight is 409 g/mol. The van der Waals surface area contributed by atoms with Crippen molar-refractivity contribution in [3.63, 3.8) is 0 Å². The van der Waals surface area contributed by atoms with Crippen LogP contribution in [0.25, 0.3) is 11.5 Å². The van der Waals surface area contributed by atoms with E-state index in [1.807, 2.05) is 18.0 Å². The fourth-order valence-electron chi connectivity index (χ4n) is 3.63. The summed E-state index contributed by atoms with van der Waals surface area (Å²) in [4.78, 5) is 15.8. The lowest BCUT2D eigenvalue weighted by Crippen LogP contribution is -2.35. The van der Waals surface area contributed by atoms with Crippen molar-refractivity contribution in [3.8, 4) is 17.3 Å². The number of hydrogen-bond acceptors (Lipinski definition) is 7. The Morgan fingerprint density at radius 3 is 2.77 bits per heavy atom. The van der Waals surface area contributed by atoms with Crippen LogP contribution in [0.3, 0.4) is 0 Å². The van der Waals surface area contributed by atoms with E-state index in [9.17, 15) is 9.50 Å². The minimum atomic E-state index is -0.856. The summed E-state index contributed by atoms with van der Waals surface area (Å²) < 4.78 is 18.4. The Morgan fingerprint density at radius 1 is 1.20 bits per heavy atom. The number of likely N-dealkylation sites (N-methyl/N-ethyl adjacent to an activating group) is 1. The number of ether oxygens (including phenoxy) is 1. The number of rotatable bonds is 7. The molecule has 1 unspecified atom stereocenters. The third-order valence-electron chi connectivity index (χ3n) is 5.09. The van der Waals surface area contributed by atoms with Crippen LogP contribution in [0.4, 0.5) is 15.9 Å². The normalized spacial score (nSPS) is 13.6. The number of fused-ring (bicyclic) bond motifs is 1. The van der Waals surface area contributed by atoms with Crippen LogP contribution in [-0.2, 0) is 12.8 Å². The van der Waals surface area contributed by atoms with Crippen LogP contribution >= 0.6 is 0 Å². The fourth-order valence-corrected chi connectivity index (χ4v) is 3.63. The van der Waals surface area contributed by atoms with Crippen molar-refractivity contribution >= 4 is 11.5 Å². The zero-order valence-electron chi connectivity index (χ0n) is 17.0. The van der Waals surface area contributed by atoms with Crippen LogP contribution in [0.2, 0.25) is 0 Å². The number of methoxy groups -OCH3 is 1. The molecule has 0 spiro atoms. The molecule has 2 aromatic heterocycles. The van der Waals surface area contributed by atoms with Gasteiger partial charge < -0.3 is 20.1 Å². The number of aryl methyl sites for hydroxylation is 1. The maximum absolute atomic E-state index is 13.1. The van der Waals surface area contributed by atoms with E-state index in [0.717, 1.165) is 36.3 Å². The van der Waals surface area contributed by atoms with Crippen molar-refractivity contribution in [2.45, 2.75) is 25.5 Å². The van der Waals surface area contributed by atoms with E-state index < -0.39 is 6.23 Å². The molecular weight excluding hydrogens is 385 g/mol. The third-order valence-corrected chi connectivity index (χ3v) is 5.09. The molecule has 4 rings (SSSR count). The molecule has 1 aliphatic rings. The van der Waals surface area contributed by atoms with Crippen LogP contribution in [0.5, 0.6) is 5.75 Å². The van der Waals surface area contributed by atoms with E-state index in [2.05, 4.69) is 10.3 Å². The van der Waals surface area contributed by atoms with Crippen molar-refractivity contribution in [3.05, 3.63) is 59.7 Å². The number of hydrogen-bond donors (Lipinski definition) is 2. The van der Waals surface area contributed by atoms with E-state index in [1.165, 1.54) is 12.1 Å². The van der Waals surface area contributed by atoms with Gasteiger partial charge in [0.25, 0.3) is 0 Å². The molecule has 3 aromatic rings. The molecule has 0 saturated heterocycles. The second-order valence-corrected chi connectivity index (χ2v) is 7.28. The lowest BCUT2D eigenvalue weighted by atomic mass is 10.2. The Hall–Kier alpha value is -3.26. The monoisotopic (exact) mass is 409 g/mol. The quantitative estimate of drug-likeness (QED) is 0.580. The molecule has 0 amide bonds. The zero-order valence-corrected chi connectivity index (χ0v) is 17.0. The van der Waals surface area contributed by atoms with Crippen molar-refractivity contribution < 1.29 is 14.2 Å². The van der Waals surface area contributed by atoms with Crippen molar-refractivity contribution in [1.29, 1.82) is 0 Å². The molecule has 0 radical (unpaired) electrons. The predicted octanol–water partition coefficient (Wildman–Crippen LogP) is 3.04. The minimum absolute atomic E-state index is 0.297. The van der Waals surface area contributed by atoms with Crippen molar-refractivity contribution in [2.24, 2.45) is 0 Å². The number of benzene rings is 1. The first-order valence-electron chi connectivity index (χ1n) is 9.85. The number of halogens is 1. The Balaban J connectivity index is 1.57. The van der Waals surface area contributed by atoms with Gasteiger partial charge in [0.15, 0.2) is 5.82 Å². The minimum Gasteiger partial charge on any atom is -0.497 e. The van der Waals surface area contributed by atoms with Gasteiger partial charge in [-0.3, -0.25) is 4.98 Å². The summed E-state index contributed by atoms with van der Waals surface area (Å²) in [5.41, 5.74) is 3.42. The maximum Gasteiger partial charge on any atom is 0.180 e. The fraction of sp³-hybridized carbons (Fsp3) is 0.318. The first kappa shape index (κ1) is 20.0. The van der Waals surface area contributed by atoms with Crippen molar-refractivity contribution in [2.75, 3.05) is 30.9 Å². The van der Waals surface area contributed by atoms with E-state index in [-0.39, 0.29) is 5.82 Å². The van der Waals surface area contributed by atoms with E-state index in [1.54, 1.807) is 31.5 Å². The van der Waals surface area contributed by atoms with Crippen molar-refractivity contribution in [1.82, 2.24) is 15.0 Å². The lowest BCUT2D eigenvalue weighted by molar-refractivity contribution is 0.210. The Kier molecular flexibility index (Phi) is 5.76. The molecular formula is C22H24FN5O2. The predicted molar refractivity (Wildman–Crippen MR) is 113 cm³/mol. The molecule has 0 aliphatic heterocycles. The summed E-state index contributed by atoms with van der Waals surface area (Å²) in [7, 11) is 3.50. The molecule has 2 heterocycles. The highest BCUT2D eigenvalue weighted by Crippen LogP contribution is 2.31. The first-order chi connectivity index (χ1) is 14.5. The summed E-state index contributed by atoms with van der Waals surface area (Å²) in [6, 6.07) is 9.47. The van der Waals surface area contributed by atoms with E-state index >= 15 is 0 Å². The molecule has 0 fully saturated rings. The third kappa shape index (κ3) is 4.33. The number of nitrogens with one attached hydrogen (secondary N) is 1. The van der Waals surface area contributed by atoms with Gasteiger partial charge in [0, 0.05) is 36.3 Å². The Morgan fingerprint density at radius 2 is 2.00 bits per heavy atom. The summed E-state index contributed by atoms with van der Waals surface area (Å²) in [5, 5.41) is 13.5. The smallest absolute Gasteiger partial charge is 0.180 e. The lowest BCUT2D eigenvalue weighted by Gasteiger charge is -2.25. The molecule has 0 bridgehead atoms. The SMILES string of the molecule is COc1ccnc(-c2nc3c(c(N(C)CC(O)Nc4ccc(F)cc4)n2)CCC3)c1. The first-order valence-corrected chi connectivity index (χ1v) is 9.85. The molecule has 1 aliphatic carbocycles. The molecule has 1 atom stereocenters. The topological polar surface area (TPSA) is 83.4 Å². The van der Waals surface area contributed by atoms with Crippen LogP contribution < -0.4 is 15.0 Å². The highest BCUT2D eigenvalue weighted by Gasteiger charge is 2.23. The molecule has 30 heavy (non-hydrogen) atoms. The highest BCUT2D eigenvalue weighted by atomic mass is 19.1. The van der Waals surface area contributed by atoms with E-state index in [4.69, 9.17) is 14.7 Å². The van der Waals surface area contributed by atoms with Gasteiger partial charge >= 0.3 is 0 Å². The van der Waals surface area contributed by atoms with Crippen LogP contribution in [0, 0.1) is 5.82 Å². The molecule has 8 heteroatoms. The number of pyridine rings is 1. The van der Waals surface area contributed by atoms with Gasteiger partial charge in [-0.05, 0) is 49.6 Å². The van der Waals surface area contributed by atoms with Crippen LogP contribution in [-0.4, -0.2) is 47.0 Å². The van der Waals surface area contributed by atoms with Gasteiger partial charge in [0.1, 0.15) is 29.3 Å². The number of aliphatic hydroxyl groups excluding tert-OH is 1. The maximum atomic E-state index is 13.1. The van der Waals surface area contributed by atoms with Crippen LogP contribution in [0.1, 0.15) is 17.7 Å². The van der Waals surface area contributed by atoms with Gasteiger partial charge in [-0.1, -0.05) is 0 Å². The number of aliphatic hydroxyl groups is 1. The second-order valence-electron chi connectivity index (χ2n) is 7.28. The molecule has 2 N–H and O–H groups in total. The zero-order chi connectivity index (χ0) is 21.1. The molecule has 0 saturated carbocycles. The van der Waals surface area contributed by atoms with Gasteiger partial charge in [-0.15, -0.1) is 0 Å². The number of aromatic nitrogens is 3. The summed E-state index contributed by atoms with van der Waals surface area (Å²) >= 11 is 0. The summed E-state index contributed by atoms with van der Waals surface area (Å²) in [6.45, 7) is 0.297. The largest absolute Gasteiger partial charge is 0.497 e. The van der Waals surface area contributed by atoms with Gasteiger partial charge in [0.05, 0.1) is 13.7 Å². The summed E-state index contributed by atoms with van der Waals surface area (Å²) in [5.74, 6) is 1.70. The summed E-state index contributed by atoms with van der Waals surface area (Å²) in [6.07, 6.45) is 3.64. The number of anilines is 2. The Bertz CT molecular complexity index is 1030. The molecule has 7 nitrogen and oxygen atoms in total. The Labute approximate surface area is 174 Å². The second kappa shape index (κ2) is 8.62. The van der Waals surface area contributed by atoms with E-state index in [0.29, 0.717) is 29.5 Å². The average Bonchev–Trinajstić information content (AvgIpc) is 3.23. The van der Waals surface area contributed by atoms with Gasteiger partial charge in [-0.25, -0.2) is 14.4 Å². The van der Waals surface area contributed by atoms with Gasteiger partial charge in [-0.2, -0.15) is 0 Å². The van der Waals surface area contributed by atoms with Gasteiger partial charge in [0.2, 0.25) is 0 Å². The standard InChI is InChI=1S/C22H24FN5O2/c1-28(13-20(29)25-15-8-6-14(23)7-9-15)22-17-4-3-5-18(17)26-21(27-22)19-12-16(30-2)10-11-24-19/h6-12,20,25,29H,3-5,13H2,1-2H3. The van der Waals surface area contributed by atoms with Crippen LogP contribution in [0.15, 0.2) is 42.6 Å². The molecule has 1 aromatic carbocycles. The number of nitrogens with zero attached hydrogens (tertiary/aromatic N) is 4. The highest BCUT2D eigenvalue weighted by molar-refractivity contribution is 5.60.